The van der Waals surface area contributed by atoms with Gasteiger partial charge in [0.2, 0.25) is 5.91 Å². The molecule has 1 saturated heterocycles. The molecule has 1 amide bonds. The van der Waals surface area contributed by atoms with Crippen molar-refractivity contribution in [3.05, 3.63) is 23.4 Å². The van der Waals surface area contributed by atoms with Crippen LogP contribution in [0.3, 0.4) is 0 Å². The number of esters is 1. The zero-order chi connectivity index (χ0) is 19.2. The van der Waals surface area contributed by atoms with Crippen LogP contribution in [0.15, 0.2) is 23.4 Å². The first-order valence-electron chi connectivity index (χ1n) is 9.32. The quantitative estimate of drug-likeness (QED) is 0.325. The average Bonchev–Trinajstić information content (AvgIpc) is 2.63. The van der Waals surface area contributed by atoms with Crippen molar-refractivity contribution in [3.63, 3.8) is 0 Å². The molecule has 26 heavy (non-hydrogen) atoms. The van der Waals surface area contributed by atoms with Crippen molar-refractivity contribution in [1.29, 1.82) is 0 Å². The summed E-state index contributed by atoms with van der Waals surface area (Å²) in [6.45, 7) is 9.17. The molecule has 0 aromatic carbocycles. The summed E-state index contributed by atoms with van der Waals surface area (Å²) in [6, 6.07) is 0. The molecule has 148 valence electrons. The van der Waals surface area contributed by atoms with Crippen molar-refractivity contribution in [3.8, 4) is 0 Å². The molecule has 1 fully saturated rings. The standard InChI is InChI=1S/C19H33N3O4/c1-4-26-19(24)14-17(16(2)15-20-3)6-7-18(23)21-8-5-9-22-10-12-25-13-11-22/h6,15,20H,4-5,7-14H2,1-3H3,(H,21,23)/b16-15-,17-6+. The minimum absolute atomic E-state index is 0.0365. The van der Waals surface area contributed by atoms with Crippen LogP contribution in [0.2, 0.25) is 0 Å². The maximum absolute atomic E-state index is 12.1. The van der Waals surface area contributed by atoms with Gasteiger partial charge in [0.25, 0.3) is 0 Å². The molecule has 0 spiro atoms. The van der Waals surface area contributed by atoms with Gasteiger partial charge >= 0.3 is 5.97 Å². The summed E-state index contributed by atoms with van der Waals surface area (Å²) in [7, 11) is 1.80. The van der Waals surface area contributed by atoms with Crippen molar-refractivity contribution in [1.82, 2.24) is 15.5 Å². The molecule has 0 bridgehead atoms. The normalized spacial score (nSPS) is 16.3. The molecule has 1 heterocycles. The molecule has 0 atom stereocenters. The summed E-state index contributed by atoms with van der Waals surface area (Å²) in [6.07, 6.45) is 4.95. The maximum atomic E-state index is 12.1. The van der Waals surface area contributed by atoms with E-state index in [0.717, 1.165) is 50.4 Å². The van der Waals surface area contributed by atoms with E-state index in [-0.39, 0.29) is 24.7 Å². The van der Waals surface area contributed by atoms with E-state index >= 15 is 0 Å². The molecule has 0 unspecified atom stereocenters. The lowest BCUT2D eigenvalue weighted by Crippen LogP contribution is -2.38. The van der Waals surface area contributed by atoms with Gasteiger partial charge in [0.1, 0.15) is 0 Å². The minimum atomic E-state index is -0.284. The van der Waals surface area contributed by atoms with Gasteiger partial charge in [0, 0.05) is 33.1 Å². The summed E-state index contributed by atoms with van der Waals surface area (Å²) < 4.78 is 10.3. The molecule has 0 radical (unpaired) electrons. The predicted molar refractivity (Wildman–Crippen MR) is 102 cm³/mol. The Bertz CT molecular complexity index is 497. The molecule has 0 aromatic heterocycles. The third-order valence-corrected chi connectivity index (χ3v) is 4.12. The van der Waals surface area contributed by atoms with Gasteiger partial charge in [-0.15, -0.1) is 0 Å². The lowest BCUT2D eigenvalue weighted by molar-refractivity contribution is -0.142. The SMILES string of the molecule is CCOC(=O)CC(=C\CC(=O)NCCCN1CCOCC1)/C(C)=C\NC. The highest BCUT2D eigenvalue weighted by molar-refractivity contribution is 5.78. The Hall–Kier alpha value is -1.86. The van der Waals surface area contributed by atoms with Crippen molar-refractivity contribution < 1.29 is 19.1 Å². The topological polar surface area (TPSA) is 79.9 Å². The molecule has 0 aliphatic carbocycles. The van der Waals surface area contributed by atoms with E-state index in [2.05, 4.69) is 15.5 Å². The van der Waals surface area contributed by atoms with Gasteiger partial charge in [-0.25, -0.2) is 0 Å². The van der Waals surface area contributed by atoms with E-state index < -0.39 is 0 Å². The van der Waals surface area contributed by atoms with Gasteiger partial charge < -0.3 is 20.1 Å². The fourth-order valence-electron chi connectivity index (χ4n) is 2.69. The summed E-state index contributed by atoms with van der Waals surface area (Å²) in [5, 5.41) is 5.88. The first kappa shape index (κ1) is 22.2. The van der Waals surface area contributed by atoms with Gasteiger partial charge in [0.05, 0.1) is 26.2 Å². The van der Waals surface area contributed by atoms with E-state index in [0.29, 0.717) is 13.2 Å². The zero-order valence-electron chi connectivity index (χ0n) is 16.3. The minimum Gasteiger partial charge on any atom is -0.466 e. The van der Waals surface area contributed by atoms with Crippen LogP contribution in [-0.2, 0) is 19.1 Å². The van der Waals surface area contributed by atoms with Crippen molar-refractivity contribution in [2.24, 2.45) is 0 Å². The van der Waals surface area contributed by atoms with Crippen molar-refractivity contribution in [2.45, 2.75) is 33.1 Å². The fraction of sp³-hybridized carbons (Fsp3) is 0.684. The van der Waals surface area contributed by atoms with E-state index in [9.17, 15) is 9.59 Å². The monoisotopic (exact) mass is 367 g/mol. The molecule has 2 N–H and O–H groups in total. The lowest BCUT2D eigenvalue weighted by Gasteiger charge is -2.26. The van der Waals surface area contributed by atoms with E-state index in [1.807, 2.05) is 13.1 Å². The van der Waals surface area contributed by atoms with Crippen molar-refractivity contribution in [2.75, 3.05) is 53.0 Å². The van der Waals surface area contributed by atoms with Crippen LogP contribution in [0, 0.1) is 0 Å². The number of nitrogens with zero attached hydrogens (tertiary/aromatic N) is 1. The van der Waals surface area contributed by atoms with Gasteiger partial charge in [-0.05, 0) is 44.2 Å². The Morgan fingerprint density at radius 3 is 2.65 bits per heavy atom. The Morgan fingerprint density at radius 2 is 2.00 bits per heavy atom. The number of allylic oxidation sites excluding steroid dienone is 1. The van der Waals surface area contributed by atoms with Crippen LogP contribution >= 0.6 is 0 Å². The molecule has 7 nitrogen and oxygen atoms in total. The Kier molecular flexibility index (Phi) is 11.4. The average molecular weight is 367 g/mol. The number of carbonyl (C=O) groups excluding carboxylic acids is 2. The van der Waals surface area contributed by atoms with Gasteiger partial charge in [0.15, 0.2) is 0 Å². The Labute approximate surface area is 156 Å². The predicted octanol–water partition coefficient (Wildman–Crippen LogP) is 1.22. The van der Waals surface area contributed by atoms with E-state index in [4.69, 9.17) is 9.47 Å². The maximum Gasteiger partial charge on any atom is 0.310 e. The van der Waals surface area contributed by atoms with Gasteiger partial charge in [-0.2, -0.15) is 0 Å². The highest BCUT2D eigenvalue weighted by Gasteiger charge is 2.11. The third kappa shape index (κ3) is 9.58. The number of amides is 1. The Balaban J connectivity index is 2.39. The number of hydrogen-bond donors (Lipinski definition) is 2. The lowest BCUT2D eigenvalue weighted by atomic mass is 10.0. The van der Waals surface area contributed by atoms with Crippen LogP contribution in [0.1, 0.15) is 33.1 Å². The molecule has 0 aromatic rings. The molecule has 1 aliphatic heterocycles. The second-order valence-corrected chi connectivity index (χ2v) is 6.19. The first-order chi connectivity index (χ1) is 12.6. The first-order valence-corrected chi connectivity index (χ1v) is 9.32. The highest BCUT2D eigenvalue weighted by Crippen LogP contribution is 2.15. The number of morpholine rings is 1. The van der Waals surface area contributed by atoms with E-state index in [1.165, 1.54) is 0 Å². The third-order valence-electron chi connectivity index (χ3n) is 4.12. The number of hydrogen-bond acceptors (Lipinski definition) is 6. The van der Waals surface area contributed by atoms with Crippen molar-refractivity contribution >= 4 is 11.9 Å². The van der Waals surface area contributed by atoms with Crippen LogP contribution in [0.5, 0.6) is 0 Å². The number of nitrogens with one attached hydrogen (secondary N) is 2. The molecule has 0 saturated carbocycles. The van der Waals surface area contributed by atoms with Crippen LogP contribution in [0.4, 0.5) is 0 Å². The molecule has 7 heteroatoms. The van der Waals surface area contributed by atoms with Crippen LogP contribution in [-0.4, -0.2) is 69.8 Å². The second kappa shape index (κ2) is 13.4. The highest BCUT2D eigenvalue weighted by atomic mass is 16.5. The van der Waals surface area contributed by atoms with E-state index in [1.54, 1.807) is 20.0 Å². The zero-order valence-corrected chi connectivity index (χ0v) is 16.3. The smallest absolute Gasteiger partial charge is 0.310 e. The molecule has 1 rings (SSSR count). The molecule has 1 aliphatic rings. The molecular formula is C19H33N3O4. The van der Waals surface area contributed by atoms with Crippen LogP contribution < -0.4 is 10.6 Å². The summed E-state index contributed by atoms with van der Waals surface area (Å²) >= 11 is 0. The number of carbonyl (C=O) groups is 2. The summed E-state index contributed by atoms with van der Waals surface area (Å²) in [4.78, 5) is 26.1. The van der Waals surface area contributed by atoms with Gasteiger partial charge in [-0.3, -0.25) is 14.5 Å². The number of rotatable bonds is 11. The number of ether oxygens (including phenoxy) is 2. The summed E-state index contributed by atoms with van der Waals surface area (Å²) in [5.74, 6) is -0.320. The second-order valence-electron chi connectivity index (χ2n) is 6.19. The van der Waals surface area contributed by atoms with Gasteiger partial charge in [-0.1, -0.05) is 6.08 Å². The summed E-state index contributed by atoms with van der Waals surface area (Å²) in [5.41, 5.74) is 1.72. The Morgan fingerprint density at radius 1 is 1.27 bits per heavy atom. The molecular weight excluding hydrogens is 334 g/mol. The van der Waals surface area contributed by atoms with Crippen LogP contribution in [0.25, 0.3) is 0 Å². The largest absolute Gasteiger partial charge is 0.466 e. The fourth-order valence-corrected chi connectivity index (χ4v) is 2.69.